The summed E-state index contributed by atoms with van der Waals surface area (Å²) in [6.07, 6.45) is 1.49. The van der Waals surface area contributed by atoms with Gasteiger partial charge in [-0.3, -0.25) is 14.5 Å². The van der Waals surface area contributed by atoms with Gasteiger partial charge in [0.05, 0.1) is 24.5 Å². The van der Waals surface area contributed by atoms with Gasteiger partial charge in [-0.2, -0.15) is 0 Å². The molecule has 2 saturated heterocycles. The van der Waals surface area contributed by atoms with Crippen LogP contribution < -0.4 is 14.5 Å². The van der Waals surface area contributed by atoms with Crippen molar-refractivity contribution < 1.29 is 23.8 Å². The number of rotatable bonds is 5. The summed E-state index contributed by atoms with van der Waals surface area (Å²) in [5.74, 6) is -1.02. The molecule has 0 radical (unpaired) electrons. The Morgan fingerprint density at radius 2 is 1.64 bits per heavy atom. The number of hydrogen-bond donors (Lipinski definition) is 1. The van der Waals surface area contributed by atoms with Gasteiger partial charge in [-0.15, -0.1) is 0 Å². The molecule has 2 fully saturated rings. The number of benzene rings is 2. The topological polar surface area (TPSA) is 86.5 Å². The smallest absolute Gasteiger partial charge is 0.300 e. The average Bonchev–Trinajstić information content (AvgIpc) is 3.55. The first kappa shape index (κ1) is 26.6. The lowest BCUT2D eigenvalue weighted by Gasteiger charge is -2.34. The number of nitrogens with zero attached hydrogens (tertiary/aromatic N) is 3. The molecule has 1 unspecified atom stereocenters. The van der Waals surface area contributed by atoms with Crippen LogP contribution in [0.1, 0.15) is 43.7 Å². The fourth-order valence-electron chi connectivity index (χ4n) is 5.21. The van der Waals surface area contributed by atoms with E-state index < -0.39 is 17.7 Å². The van der Waals surface area contributed by atoms with Crippen molar-refractivity contribution in [1.29, 1.82) is 0 Å². The minimum atomic E-state index is -0.933. The number of ether oxygens (including phenoxy) is 1. The fourth-order valence-corrected chi connectivity index (χ4v) is 5.21. The summed E-state index contributed by atoms with van der Waals surface area (Å²) < 4.78 is 11.2. The molecule has 3 aromatic rings. The van der Waals surface area contributed by atoms with Crippen LogP contribution in [0.25, 0.3) is 5.76 Å². The van der Waals surface area contributed by atoms with Gasteiger partial charge in [0.2, 0.25) is 0 Å². The molecule has 5 rings (SSSR count). The number of anilines is 2. The van der Waals surface area contributed by atoms with Crippen molar-refractivity contribution in [2.75, 3.05) is 50.1 Å². The molecule has 1 amide bonds. The highest BCUT2D eigenvalue weighted by Crippen LogP contribution is 2.44. The summed E-state index contributed by atoms with van der Waals surface area (Å²) in [6.45, 7) is 9.98. The predicted octanol–water partition coefficient (Wildman–Crippen LogP) is 4.96. The Hall–Kier alpha value is -4.04. The van der Waals surface area contributed by atoms with E-state index >= 15 is 0 Å². The molecule has 3 heterocycles. The third-order valence-corrected chi connectivity index (χ3v) is 7.57. The number of hydrogen-bond acceptors (Lipinski definition) is 7. The second-order valence-corrected chi connectivity index (χ2v) is 11.2. The molecule has 8 heteroatoms. The van der Waals surface area contributed by atoms with Gasteiger partial charge in [-0.25, -0.2) is 0 Å². The van der Waals surface area contributed by atoms with E-state index in [1.807, 2.05) is 36.4 Å². The zero-order chi connectivity index (χ0) is 27.9. The van der Waals surface area contributed by atoms with Gasteiger partial charge in [0.15, 0.2) is 0 Å². The molecule has 8 nitrogen and oxygen atoms in total. The second kappa shape index (κ2) is 10.3. The molecule has 0 bridgehead atoms. The Labute approximate surface area is 229 Å². The molecule has 0 saturated carbocycles. The number of carbonyl (C=O) groups is 2. The summed E-state index contributed by atoms with van der Waals surface area (Å²) in [7, 11) is 3.62. The molecule has 1 N–H and O–H groups in total. The number of Topliss-reactive ketones (excluding diaryl/α,β-unsaturated/α-hetero) is 1. The number of methoxy groups -OCH3 is 1. The molecular weight excluding hydrogens is 494 g/mol. The number of ketones is 1. The second-order valence-electron chi connectivity index (χ2n) is 11.2. The summed E-state index contributed by atoms with van der Waals surface area (Å²) >= 11 is 0. The zero-order valence-corrected chi connectivity index (χ0v) is 23.1. The largest absolute Gasteiger partial charge is 0.507 e. The molecule has 1 atom stereocenters. The Balaban J connectivity index is 1.60. The van der Waals surface area contributed by atoms with Crippen molar-refractivity contribution in [1.82, 2.24) is 4.90 Å². The monoisotopic (exact) mass is 529 g/mol. The standard InChI is InChI=1S/C31H35N3O5/c1-31(2,3)20-8-13-24(38-5)23(19-20)28(35)26-27(25-7-6-18-39-25)34(30(37)29(26)36)22-11-9-21(10-12-22)33-16-14-32(4)15-17-33/h6-13,18-19,27,35H,14-17H2,1-5H3/b28-26+. The van der Waals surface area contributed by atoms with Crippen molar-refractivity contribution in [3.8, 4) is 5.75 Å². The highest BCUT2D eigenvalue weighted by atomic mass is 16.5. The third kappa shape index (κ3) is 4.92. The lowest BCUT2D eigenvalue weighted by atomic mass is 9.85. The number of likely N-dealkylation sites (N-methyl/N-ethyl adjacent to an activating group) is 1. The van der Waals surface area contributed by atoms with E-state index in [2.05, 4.69) is 37.6 Å². The molecule has 2 aliphatic heterocycles. The first-order valence-corrected chi connectivity index (χ1v) is 13.2. The SMILES string of the molecule is COc1ccc(C(C)(C)C)cc1/C(O)=C1\C(=O)C(=O)N(c2ccc(N3CCN(C)CC3)cc2)C1c1ccco1. The van der Waals surface area contributed by atoms with Crippen molar-refractivity contribution in [2.45, 2.75) is 32.2 Å². The van der Waals surface area contributed by atoms with Gasteiger partial charge in [0.25, 0.3) is 11.7 Å². The van der Waals surface area contributed by atoms with E-state index in [4.69, 9.17) is 9.15 Å². The maximum atomic E-state index is 13.5. The summed E-state index contributed by atoms with van der Waals surface area (Å²) in [4.78, 5) is 33.0. The lowest BCUT2D eigenvalue weighted by Crippen LogP contribution is -2.44. The first-order valence-electron chi connectivity index (χ1n) is 13.2. The average molecular weight is 530 g/mol. The number of furan rings is 1. The van der Waals surface area contributed by atoms with E-state index in [0.717, 1.165) is 37.4 Å². The van der Waals surface area contributed by atoms with Crippen molar-refractivity contribution in [3.05, 3.63) is 83.3 Å². The number of aliphatic hydroxyl groups is 1. The Morgan fingerprint density at radius 1 is 0.974 bits per heavy atom. The van der Waals surface area contributed by atoms with Crippen molar-refractivity contribution >= 4 is 28.8 Å². The maximum Gasteiger partial charge on any atom is 0.300 e. The van der Waals surface area contributed by atoms with Crippen LogP contribution in [-0.4, -0.2) is 62.0 Å². The van der Waals surface area contributed by atoms with Crippen LogP contribution in [-0.2, 0) is 15.0 Å². The fraction of sp³-hybridized carbons (Fsp3) is 0.355. The van der Waals surface area contributed by atoms with Crippen LogP contribution in [0.2, 0.25) is 0 Å². The molecule has 2 aliphatic rings. The van der Waals surface area contributed by atoms with Crippen LogP contribution in [0.4, 0.5) is 11.4 Å². The van der Waals surface area contributed by atoms with E-state index in [1.54, 1.807) is 18.2 Å². The molecule has 0 spiro atoms. The zero-order valence-electron chi connectivity index (χ0n) is 23.1. The minimum Gasteiger partial charge on any atom is -0.507 e. The van der Waals surface area contributed by atoms with E-state index in [-0.39, 0.29) is 16.7 Å². The lowest BCUT2D eigenvalue weighted by molar-refractivity contribution is -0.132. The Bertz CT molecular complexity index is 1390. The van der Waals surface area contributed by atoms with E-state index in [1.165, 1.54) is 18.3 Å². The quantitative estimate of drug-likeness (QED) is 0.284. The van der Waals surface area contributed by atoms with Crippen molar-refractivity contribution in [3.63, 3.8) is 0 Å². The highest BCUT2D eigenvalue weighted by molar-refractivity contribution is 6.51. The van der Waals surface area contributed by atoms with Gasteiger partial charge in [0, 0.05) is 37.6 Å². The molecule has 39 heavy (non-hydrogen) atoms. The van der Waals surface area contributed by atoms with Crippen LogP contribution in [0, 0.1) is 0 Å². The summed E-state index contributed by atoms with van der Waals surface area (Å²) in [5.41, 5.74) is 2.66. The number of piperazine rings is 1. The molecule has 204 valence electrons. The summed E-state index contributed by atoms with van der Waals surface area (Å²) in [6, 6.07) is 15.6. The Kier molecular flexibility index (Phi) is 6.99. The van der Waals surface area contributed by atoms with Gasteiger partial charge >= 0.3 is 0 Å². The van der Waals surface area contributed by atoms with Gasteiger partial charge in [-0.1, -0.05) is 26.8 Å². The Morgan fingerprint density at radius 3 is 2.23 bits per heavy atom. The van der Waals surface area contributed by atoms with Crippen LogP contribution in [0.3, 0.4) is 0 Å². The third-order valence-electron chi connectivity index (χ3n) is 7.57. The molecule has 1 aromatic heterocycles. The maximum absolute atomic E-state index is 13.5. The summed E-state index contributed by atoms with van der Waals surface area (Å²) in [5, 5.41) is 11.6. The number of carbonyl (C=O) groups excluding carboxylic acids is 2. The van der Waals surface area contributed by atoms with Crippen LogP contribution in [0.5, 0.6) is 5.75 Å². The molecule has 0 aliphatic carbocycles. The van der Waals surface area contributed by atoms with Crippen LogP contribution >= 0.6 is 0 Å². The number of aliphatic hydroxyl groups excluding tert-OH is 1. The van der Waals surface area contributed by atoms with Gasteiger partial charge in [0.1, 0.15) is 23.3 Å². The number of amides is 1. The van der Waals surface area contributed by atoms with E-state index in [0.29, 0.717) is 22.8 Å². The first-order chi connectivity index (χ1) is 18.6. The normalized spacial score (nSPS) is 20.1. The molecular formula is C31H35N3O5. The predicted molar refractivity (Wildman–Crippen MR) is 151 cm³/mol. The van der Waals surface area contributed by atoms with Gasteiger partial charge in [-0.05, 0) is 66.6 Å². The highest BCUT2D eigenvalue weighted by Gasteiger charge is 2.48. The molecule has 2 aromatic carbocycles. The van der Waals surface area contributed by atoms with Crippen molar-refractivity contribution in [2.24, 2.45) is 0 Å². The minimum absolute atomic E-state index is 0.0394. The van der Waals surface area contributed by atoms with Crippen LogP contribution in [0.15, 0.2) is 70.9 Å². The van der Waals surface area contributed by atoms with Gasteiger partial charge < -0.3 is 24.1 Å². The van der Waals surface area contributed by atoms with E-state index in [9.17, 15) is 14.7 Å².